The molecule has 0 spiro atoms. The second-order valence-electron chi connectivity index (χ2n) is 8.30. The predicted molar refractivity (Wildman–Crippen MR) is 115 cm³/mol. The molecule has 11 nitrogen and oxygen atoms in total. The molecule has 1 fully saturated rings. The van der Waals surface area contributed by atoms with E-state index < -0.39 is 22.0 Å². The number of benzene rings is 1. The van der Waals surface area contributed by atoms with Crippen LogP contribution in [0.15, 0.2) is 50.8 Å². The maximum Gasteiger partial charge on any atom is 0.329 e. The van der Waals surface area contributed by atoms with E-state index in [0.29, 0.717) is 36.2 Å². The number of para-hydroxylation sites is 1. The molecule has 4 heterocycles. The molecule has 32 heavy (non-hydrogen) atoms. The summed E-state index contributed by atoms with van der Waals surface area (Å²) >= 11 is 0. The number of nitrogens with zero attached hydrogens (tertiary/aromatic N) is 4. The van der Waals surface area contributed by atoms with E-state index in [-0.39, 0.29) is 30.0 Å². The van der Waals surface area contributed by atoms with Crippen LogP contribution in [0.2, 0.25) is 0 Å². The molecule has 5 rings (SSSR count). The molecule has 0 unspecified atom stereocenters. The minimum Gasteiger partial charge on any atom is -0.733 e. The minimum atomic E-state index is -0.644. The molecule has 0 aliphatic carbocycles. The molecule has 166 valence electrons. The molecule has 11 heteroatoms. The molecule has 2 aliphatic heterocycles. The van der Waals surface area contributed by atoms with Crippen molar-refractivity contribution in [2.75, 3.05) is 18.3 Å². The van der Waals surface area contributed by atoms with Crippen LogP contribution >= 0.6 is 0 Å². The number of nitrogens with one attached hydrogen (secondary N) is 1. The van der Waals surface area contributed by atoms with Crippen molar-refractivity contribution in [1.82, 2.24) is 19.0 Å². The Bertz CT molecular complexity index is 1400. The average Bonchev–Trinajstić information content (AvgIpc) is 2.77. The number of H-pyrrole nitrogens is 1. The van der Waals surface area contributed by atoms with Gasteiger partial charge >= 0.3 is 5.69 Å². The van der Waals surface area contributed by atoms with Crippen molar-refractivity contribution in [3.8, 4) is 0 Å². The molecule has 1 saturated heterocycles. The van der Waals surface area contributed by atoms with Crippen molar-refractivity contribution in [2.45, 2.75) is 25.4 Å². The number of aromatic amines is 1. The molecule has 2 atom stereocenters. The minimum absolute atomic E-state index is 0.0245. The summed E-state index contributed by atoms with van der Waals surface area (Å²) in [5.74, 6) is -0.502. The quantitative estimate of drug-likeness (QED) is 0.556. The smallest absolute Gasteiger partial charge is 0.329 e. The third-order valence-corrected chi connectivity index (χ3v) is 6.33. The van der Waals surface area contributed by atoms with Gasteiger partial charge in [-0.25, -0.2) is 4.79 Å². The summed E-state index contributed by atoms with van der Waals surface area (Å²) in [4.78, 5) is 54.9. The number of hydrogen-bond donors (Lipinski definition) is 2. The number of anilines is 1. The number of fused-ring (bicyclic) bond motifs is 5. The zero-order chi connectivity index (χ0) is 22.6. The highest BCUT2D eigenvalue weighted by atomic mass is 16.8. The van der Waals surface area contributed by atoms with E-state index in [1.54, 1.807) is 35.2 Å². The van der Waals surface area contributed by atoms with Gasteiger partial charge in [0.15, 0.2) is 0 Å². The van der Waals surface area contributed by atoms with E-state index in [4.69, 9.17) is 5.21 Å². The van der Waals surface area contributed by atoms with Crippen LogP contribution in [-0.2, 0) is 17.9 Å². The van der Waals surface area contributed by atoms with Gasteiger partial charge in [0.05, 0.1) is 10.9 Å². The molecule has 2 aromatic heterocycles. The fourth-order valence-corrected chi connectivity index (χ4v) is 4.86. The third kappa shape index (κ3) is 3.22. The van der Waals surface area contributed by atoms with Gasteiger partial charge in [0.25, 0.3) is 11.1 Å². The Kier molecular flexibility index (Phi) is 4.72. The van der Waals surface area contributed by atoms with Gasteiger partial charge in [0, 0.05) is 31.2 Å². The highest BCUT2D eigenvalue weighted by Gasteiger charge is 2.36. The highest BCUT2D eigenvalue weighted by molar-refractivity contribution is 5.79. The van der Waals surface area contributed by atoms with Gasteiger partial charge in [-0.2, -0.15) is 0 Å². The number of hydrogen-bond acceptors (Lipinski definition) is 7. The lowest BCUT2D eigenvalue weighted by atomic mass is 9.83. The summed E-state index contributed by atoms with van der Waals surface area (Å²) in [5.41, 5.74) is -0.977. The number of carbonyl (C=O) groups is 1. The lowest BCUT2D eigenvalue weighted by molar-refractivity contribution is -0.134. The Morgan fingerprint density at radius 2 is 1.88 bits per heavy atom. The normalized spacial score (nSPS) is 19.6. The number of likely N-dealkylation sites (tertiary alicyclic amines) is 1. The highest BCUT2D eigenvalue weighted by Crippen LogP contribution is 2.35. The van der Waals surface area contributed by atoms with Gasteiger partial charge in [-0.1, -0.05) is 12.1 Å². The summed E-state index contributed by atoms with van der Waals surface area (Å²) in [6.45, 7) is 0.632. The van der Waals surface area contributed by atoms with Crippen LogP contribution < -0.4 is 22.0 Å². The van der Waals surface area contributed by atoms with E-state index in [0.717, 1.165) is 11.0 Å². The molecule has 0 radical (unpaired) electrons. The first-order valence-corrected chi connectivity index (χ1v) is 10.2. The summed E-state index contributed by atoms with van der Waals surface area (Å²) < 4.78 is 2.39. The van der Waals surface area contributed by atoms with Crippen LogP contribution in [0.4, 0.5) is 5.69 Å². The molecule has 2 N–H and O–H groups in total. The van der Waals surface area contributed by atoms with Crippen LogP contribution in [0.3, 0.4) is 0 Å². The molecule has 1 amide bonds. The summed E-state index contributed by atoms with van der Waals surface area (Å²) in [6.07, 6.45) is 0.777. The molecule has 2 aliphatic rings. The predicted octanol–water partition coefficient (Wildman–Crippen LogP) is 0.191. The summed E-state index contributed by atoms with van der Waals surface area (Å²) in [6, 6.07) is 9.51. The number of amides is 1. The fraction of sp³-hybridized carbons (Fsp3) is 0.333. The number of pyridine rings is 1. The maximum atomic E-state index is 13.0. The zero-order valence-corrected chi connectivity index (χ0v) is 16.9. The van der Waals surface area contributed by atoms with E-state index in [1.165, 1.54) is 10.6 Å². The van der Waals surface area contributed by atoms with Crippen molar-refractivity contribution in [1.29, 1.82) is 0 Å². The Balaban J connectivity index is 1.42. The molecule has 0 saturated carbocycles. The van der Waals surface area contributed by atoms with Crippen molar-refractivity contribution in [3.63, 3.8) is 0 Å². The van der Waals surface area contributed by atoms with Gasteiger partial charge in [0.2, 0.25) is 5.91 Å². The molecule has 1 aromatic carbocycles. The SMILES string of the molecule is O=C(Cn1c(=O)[nH]c2ccccc2c1=O)N1C[C@H]2C[C@@H](C1)c1ccc(N([O-])O)c(=O)n1C2. The van der Waals surface area contributed by atoms with Gasteiger partial charge in [-0.05, 0) is 36.6 Å². The molecular weight excluding hydrogens is 418 g/mol. The summed E-state index contributed by atoms with van der Waals surface area (Å²) in [5, 5.41) is 20.2. The maximum absolute atomic E-state index is 13.0. The van der Waals surface area contributed by atoms with Crippen molar-refractivity contribution >= 4 is 22.5 Å². The first-order chi connectivity index (χ1) is 15.3. The van der Waals surface area contributed by atoms with E-state index in [1.807, 2.05) is 0 Å². The van der Waals surface area contributed by atoms with Gasteiger partial charge in [-0.3, -0.25) is 24.2 Å². The Hall–Kier alpha value is -3.70. The topological polar surface area (TPSA) is 144 Å². The van der Waals surface area contributed by atoms with Crippen LogP contribution in [0.25, 0.3) is 10.9 Å². The molecule has 3 aromatic rings. The number of carbonyl (C=O) groups excluding carboxylic acids is 1. The number of aromatic nitrogens is 3. The largest absolute Gasteiger partial charge is 0.733 e. The van der Waals surface area contributed by atoms with Crippen LogP contribution in [-0.4, -0.2) is 43.2 Å². The van der Waals surface area contributed by atoms with Crippen LogP contribution in [0, 0.1) is 11.1 Å². The fourth-order valence-electron chi connectivity index (χ4n) is 4.86. The average molecular weight is 438 g/mol. The Labute approximate surface area is 180 Å². The van der Waals surface area contributed by atoms with Crippen LogP contribution in [0.5, 0.6) is 0 Å². The first-order valence-electron chi connectivity index (χ1n) is 10.2. The Morgan fingerprint density at radius 1 is 1.09 bits per heavy atom. The second-order valence-corrected chi connectivity index (χ2v) is 8.30. The number of rotatable bonds is 3. The standard InChI is InChI=1S/C21H20N5O6/c27-18(11-25-19(28)14-3-1-2-4-15(14)22-21(25)30)23-8-12-7-13(10-23)16-5-6-17(26(31)32)20(29)24(16)9-12/h1-6,12-13,31H,7-11H2,(H,22,30)/q-1/t12-,13+/m1/s1. The third-order valence-electron chi connectivity index (χ3n) is 6.33. The zero-order valence-electron chi connectivity index (χ0n) is 16.9. The van der Waals surface area contributed by atoms with Crippen molar-refractivity contribution in [2.24, 2.45) is 5.92 Å². The van der Waals surface area contributed by atoms with Crippen molar-refractivity contribution in [3.05, 3.63) is 78.5 Å². The number of piperidine rings is 1. The molecule has 2 bridgehead atoms. The Morgan fingerprint density at radius 3 is 2.66 bits per heavy atom. The van der Waals surface area contributed by atoms with E-state index >= 15 is 0 Å². The first kappa shape index (κ1) is 20.2. The van der Waals surface area contributed by atoms with Crippen LogP contribution in [0.1, 0.15) is 18.0 Å². The molecular formula is C21H20N5O6-. The second kappa shape index (κ2) is 7.46. The van der Waals surface area contributed by atoms with Gasteiger partial charge in [-0.15, -0.1) is 0 Å². The van der Waals surface area contributed by atoms with Gasteiger partial charge < -0.3 is 24.9 Å². The summed E-state index contributed by atoms with van der Waals surface area (Å²) in [7, 11) is 0. The van der Waals surface area contributed by atoms with E-state index in [9.17, 15) is 24.4 Å². The lowest BCUT2D eigenvalue weighted by Crippen LogP contribution is -2.51. The van der Waals surface area contributed by atoms with Gasteiger partial charge in [0.1, 0.15) is 12.2 Å². The lowest BCUT2D eigenvalue weighted by Gasteiger charge is -2.43. The monoisotopic (exact) mass is 438 g/mol. The van der Waals surface area contributed by atoms with Crippen molar-refractivity contribution < 1.29 is 10.0 Å². The van der Waals surface area contributed by atoms with E-state index in [2.05, 4.69) is 4.98 Å².